The number of rotatable bonds is 4. The monoisotopic (exact) mass is 712 g/mol. The smallest absolute Gasteiger partial charge is 0.294 e. The van der Waals surface area contributed by atoms with E-state index in [-0.39, 0.29) is 37.1 Å². The fourth-order valence-corrected chi connectivity index (χ4v) is 6.57. The van der Waals surface area contributed by atoms with Crippen molar-refractivity contribution in [3.8, 4) is 11.5 Å². The summed E-state index contributed by atoms with van der Waals surface area (Å²) in [6.07, 6.45) is 0. The van der Waals surface area contributed by atoms with Crippen molar-refractivity contribution < 1.29 is 28.3 Å². The third-order valence-corrected chi connectivity index (χ3v) is 9.27. The highest BCUT2D eigenvalue weighted by atomic mass is 79.9. The third-order valence-electron chi connectivity index (χ3n) is 5.21. The van der Waals surface area contributed by atoms with Crippen molar-refractivity contribution in [2.24, 2.45) is 0 Å². The van der Waals surface area contributed by atoms with Crippen molar-refractivity contribution in [2.45, 2.75) is 24.3 Å². The largest absolute Gasteiger partial charge is 0.506 e. The lowest BCUT2D eigenvalue weighted by Gasteiger charge is -2.35. The van der Waals surface area contributed by atoms with Crippen LogP contribution in [0.4, 0.5) is 0 Å². The second-order valence-electron chi connectivity index (χ2n) is 7.07. The Morgan fingerprint density at radius 2 is 1.19 bits per heavy atom. The van der Waals surface area contributed by atoms with E-state index in [2.05, 4.69) is 63.7 Å². The van der Waals surface area contributed by atoms with Crippen LogP contribution in [0.2, 0.25) is 0 Å². The molecule has 0 saturated carbocycles. The van der Waals surface area contributed by atoms with Gasteiger partial charge in [-0.2, -0.15) is 8.42 Å². The van der Waals surface area contributed by atoms with Gasteiger partial charge in [0.15, 0.2) is 0 Å². The topological polar surface area (TPSA) is 115 Å². The third kappa shape index (κ3) is 4.17. The molecular weight excluding hydrogens is 700 g/mol. The quantitative estimate of drug-likeness (QED) is 0.187. The van der Waals surface area contributed by atoms with Crippen LogP contribution in [0.3, 0.4) is 0 Å². The molecule has 0 aliphatic heterocycles. The maximum absolute atomic E-state index is 12.4. The summed E-state index contributed by atoms with van der Waals surface area (Å²) in [7, 11) is -4.72. The lowest BCUT2D eigenvalue weighted by atomic mass is 9.77. The second-order valence-corrected chi connectivity index (χ2v) is 11.8. The van der Waals surface area contributed by atoms with Crippen molar-refractivity contribution in [1.82, 2.24) is 0 Å². The summed E-state index contributed by atoms with van der Waals surface area (Å²) in [5, 5.41) is 33.0. The Bertz CT molecular complexity index is 1290. The first-order valence-corrected chi connectivity index (χ1v) is 13.5. The standard InChI is InChI=1S/C21H16Br4O6S/c1-9-12(7-14(22)19(26)17(9)24)21(28,11-5-3-4-6-16(11)32(29,30)31)13-8-15(23)20(27)18(25)10(13)2/h3-8,26-28H,1-2H3,(H,29,30,31). The van der Waals surface area contributed by atoms with Gasteiger partial charge in [0, 0.05) is 5.56 Å². The summed E-state index contributed by atoms with van der Waals surface area (Å²) in [5.74, 6) is -0.192. The van der Waals surface area contributed by atoms with E-state index in [4.69, 9.17) is 0 Å². The van der Waals surface area contributed by atoms with Gasteiger partial charge in [-0.15, -0.1) is 0 Å². The van der Waals surface area contributed by atoms with Gasteiger partial charge in [-0.3, -0.25) is 4.55 Å². The van der Waals surface area contributed by atoms with Crippen molar-refractivity contribution in [3.05, 3.63) is 82.1 Å². The zero-order valence-corrected chi connectivity index (χ0v) is 23.7. The Morgan fingerprint density at radius 3 is 1.59 bits per heavy atom. The number of hydrogen-bond donors (Lipinski definition) is 4. The molecule has 32 heavy (non-hydrogen) atoms. The average Bonchev–Trinajstić information content (AvgIpc) is 2.74. The van der Waals surface area contributed by atoms with Crippen LogP contribution in [-0.4, -0.2) is 28.3 Å². The normalized spacial score (nSPS) is 12.2. The molecule has 0 bridgehead atoms. The van der Waals surface area contributed by atoms with Crippen molar-refractivity contribution in [1.29, 1.82) is 0 Å². The molecule has 0 unspecified atom stereocenters. The molecule has 0 aliphatic rings. The van der Waals surface area contributed by atoms with Gasteiger partial charge in [0.25, 0.3) is 10.1 Å². The molecular formula is C21H16Br4O6S. The molecule has 0 atom stereocenters. The fraction of sp³-hybridized carbons (Fsp3) is 0.143. The second kappa shape index (κ2) is 9.01. The van der Waals surface area contributed by atoms with E-state index >= 15 is 0 Å². The number of aliphatic hydroxyl groups is 1. The lowest BCUT2D eigenvalue weighted by molar-refractivity contribution is 0.120. The van der Waals surface area contributed by atoms with E-state index < -0.39 is 20.6 Å². The number of benzene rings is 3. The number of phenols is 2. The van der Waals surface area contributed by atoms with Crippen molar-refractivity contribution in [3.63, 3.8) is 0 Å². The fourth-order valence-electron chi connectivity index (χ4n) is 3.59. The van der Waals surface area contributed by atoms with E-state index in [1.165, 1.54) is 36.4 Å². The maximum Gasteiger partial charge on any atom is 0.294 e. The Labute approximate surface area is 218 Å². The SMILES string of the molecule is Cc1c(C(O)(c2ccccc2S(=O)(=O)O)c2cc(Br)c(O)c(Br)c2C)cc(Br)c(O)c1Br. The molecule has 3 aromatic carbocycles. The molecule has 0 spiro atoms. The van der Waals surface area contributed by atoms with Crippen LogP contribution < -0.4 is 0 Å². The average molecular weight is 716 g/mol. The van der Waals surface area contributed by atoms with Gasteiger partial charge in [-0.05, 0) is 118 Å². The zero-order valence-electron chi connectivity index (χ0n) is 16.5. The summed E-state index contributed by atoms with van der Waals surface area (Å²) in [5.41, 5.74) is -0.910. The predicted molar refractivity (Wildman–Crippen MR) is 135 cm³/mol. The van der Waals surface area contributed by atoms with Crippen molar-refractivity contribution in [2.75, 3.05) is 0 Å². The summed E-state index contributed by atoms with van der Waals surface area (Å²) in [4.78, 5) is -0.484. The molecule has 3 rings (SSSR count). The number of hydrogen-bond acceptors (Lipinski definition) is 5. The highest BCUT2D eigenvalue weighted by Crippen LogP contribution is 2.50. The zero-order chi connectivity index (χ0) is 24.2. The van der Waals surface area contributed by atoms with Gasteiger partial charge in [0.2, 0.25) is 0 Å². The van der Waals surface area contributed by atoms with E-state index in [9.17, 15) is 28.3 Å². The van der Waals surface area contributed by atoms with Gasteiger partial charge >= 0.3 is 0 Å². The maximum atomic E-state index is 12.4. The van der Waals surface area contributed by atoms with Gasteiger partial charge < -0.3 is 15.3 Å². The molecule has 170 valence electrons. The summed E-state index contributed by atoms with van der Waals surface area (Å²) in [6.45, 7) is 3.29. The first kappa shape index (κ1) is 25.7. The molecule has 0 radical (unpaired) electrons. The van der Waals surface area contributed by atoms with E-state index in [1.807, 2.05) is 0 Å². The number of phenolic OH excluding ortho intramolecular Hbond substituents is 2. The summed E-state index contributed by atoms with van der Waals surface area (Å²) >= 11 is 13.2. The van der Waals surface area contributed by atoms with Crippen LogP contribution in [-0.2, 0) is 15.7 Å². The van der Waals surface area contributed by atoms with Gasteiger partial charge in [0.05, 0.1) is 17.9 Å². The Kier molecular flexibility index (Phi) is 7.23. The summed E-state index contributed by atoms with van der Waals surface area (Å²) in [6, 6.07) is 8.50. The Balaban J connectivity index is 2.61. The van der Waals surface area contributed by atoms with E-state index in [0.717, 1.165) is 0 Å². The lowest BCUT2D eigenvalue weighted by Crippen LogP contribution is -2.33. The highest BCUT2D eigenvalue weighted by molar-refractivity contribution is 9.11. The predicted octanol–water partition coefficient (Wildman–Crippen LogP) is 6.30. The molecule has 0 aromatic heterocycles. The Morgan fingerprint density at radius 1 is 0.781 bits per heavy atom. The summed E-state index contributed by atoms with van der Waals surface area (Å²) < 4.78 is 35.5. The Hall–Kier alpha value is -0.950. The first-order chi connectivity index (χ1) is 14.7. The molecule has 6 nitrogen and oxygen atoms in total. The van der Waals surface area contributed by atoms with Crippen LogP contribution in [0, 0.1) is 13.8 Å². The number of aromatic hydroxyl groups is 2. The first-order valence-electron chi connectivity index (χ1n) is 8.88. The molecule has 0 aliphatic carbocycles. The molecule has 0 fully saturated rings. The molecule has 11 heteroatoms. The minimum Gasteiger partial charge on any atom is -0.506 e. The minimum absolute atomic E-state index is 0.0959. The molecule has 0 saturated heterocycles. The van der Waals surface area contributed by atoms with Crippen LogP contribution in [0.15, 0.2) is 59.2 Å². The minimum atomic E-state index is -4.72. The highest BCUT2D eigenvalue weighted by Gasteiger charge is 2.42. The van der Waals surface area contributed by atoms with Crippen LogP contribution >= 0.6 is 63.7 Å². The van der Waals surface area contributed by atoms with Gasteiger partial charge in [-0.1, -0.05) is 18.2 Å². The van der Waals surface area contributed by atoms with Crippen LogP contribution in [0.5, 0.6) is 11.5 Å². The van der Waals surface area contributed by atoms with E-state index in [1.54, 1.807) is 13.8 Å². The number of halogens is 4. The molecule has 3 aromatic rings. The molecule has 0 heterocycles. The molecule has 4 N–H and O–H groups in total. The van der Waals surface area contributed by atoms with Crippen molar-refractivity contribution >= 4 is 73.8 Å². The molecule has 0 amide bonds. The van der Waals surface area contributed by atoms with Crippen LogP contribution in [0.1, 0.15) is 27.8 Å². The van der Waals surface area contributed by atoms with E-state index in [0.29, 0.717) is 20.1 Å². The van der Waals surface area contributed by atoms with Gasteiger partial charge in [-0.25, -0.2) is 0 Å². The van der Waals surface area contributed by atoms with Gasteiger partial charge in [0.1, 0.15) is 22.0 Å². The van der Waals surface area contributed by atoms with Crippen LogP contribution in [0.25, 0.3) is 0 Å².